The summed E-state index contributed by atoms with van der Waals surface area (Å²) in [5.41, 5.74) is 0.246. The number of hydrogen-bond donors (Lipinski definition) is 2. The van der Waals surface area contributed by atoms with Crippen LogP contribution in [0.25, 0.3) is 0 Å². The van der Waals surface area contributed by atoms with Gasteiger partial charge in [-0.3, -0.25) is 4.79 Å². The Hall–Kier alpha value is -2.24. The monoisotopic (exact) mass is 388 g/mol. The Labute approximate surface area is 167 Å². The van der Waals surface area contributed by atoms with Gasteiger partial charge < -0.3 is 20.1 Å². The molecular formula is C22H32N2O4. The van der Waals surface area contributed by atoms with Crippen molar-refractivity contribution in [3.63, 3.8) is 0 Å². The zero-order chi connectivity index (χ0) is 20.4. The van der Waals surface area contributed by atoms with E-state index < -0.39 is 11.7 Å². The molecule has 0 saturated heterocycles. The molecule has 2 fully saturated rings. The van der Waals surface area contributed by atoms with E-state index in [1.807, 2.05) is 39.0 Å². The van der Waals surface area contributed by atoms with E-state index in [1.54, 1.807) is 7.11 Å². The molecule has 1 aromatic carbocycles. The van der Waals surface area contributed by atoms with Crippen LogP contribution in [0, 0.1) is 5.92 Å². The molecule has 2 aliphatic carbocycles. The largest absolute Gasteiger partial charge is 0.497 e. The third-order valence-electron chi connectivity index (χ3n) is 5.57. The average molecular weight is 389 g/mol. The second kappa shape index (κ2) is 8.02. The smallest absolute Gasteiger partial charge is 0.407 e. The van der Waals surface area contributed by atoms with Gasteiger partial charge in [-0.25, -0.2) is 4.79 Å². The predicted octanol–water partition coefficient (Wildman–Crippen LogP) is 3.75. The Morgan fingerprint density at radius 3 is 2.57 bits per heavy atom. The summed E-state index contributed by atoms with van der Waals surface area (Å²) in [6, 6.07) is 7.94. The molecular weight excluding hydrogens is 356 g/mol. The topological polar surface area (TPSA) is 76.7 Å². The van der Waals surface area contributed by atoms with Gasteiger partial charge in [-0.1, -0.05) is 25.0 Å². The van der Waals surface area contributed by atoms with Crippen LogP contribution in [0.2, 0.25) is 0 Å². The lowest BCUT2D eigenvalue weighted by molar-refractivity contribution is -0.124. The molecule has 0 heterocycles. The van der Waals surface area contributed by atoms with E-state index in [1.165, 1.54) is 0 Å². The number of rotatable bonds is 6. The van der Waals surface area contributed by atoms with Gasteiger partial charge in [0.1, 0.15) is 11.4 Å². The van der Waals surface area contributed by atoms with Gasteiger partial charge >= 0.3 is 6.09 Å². The lowest BCUT2D eigenvalue weighted by atomic mass is 9.96. The molecule has 0 spiro atoms. The van der Waals surface area contributed by atoms with Crippen molar-refractivity contribution in [1.82, 2.24) is 10.6 Å². The zero-order valence-corrected chi connectivity index (χ0v) is 17.3. The number of hydrogen-bond acceptors (Lipinski definition) is 4. The molecule has 2 amide bonds. The Kier molecular flexibility index (Phi) is 5.87. The molecule has 2 aliphatic rings. The van der Waals surface area contributed by atoms with Crippen molar-refractivity contribution < 1.29 is 19.1 Å². The van der Waals surface area contributed by atoms with Crippen molar-refractivity contribution in [3.8, 4) is 5.75 Å². The molecule has 2 N–H and O–H groups in total. The third-order valence-corrected chi connectivity index (χ3v) is 5.57. The fraction of sp³-hybridized carbons (Fsp3) is 0.636. The highest BCUT2D eigenvalue weighted by atomic mass is 16.6. The number of amides is 2. The molecule has 6 nitrogen and oxygen atoms in total. The van der Waals surface area contributed by atoms with Crippen LogP contribution in [0.15, 0.2) is 24.3 Å². The molecule has 154 valence electrons. The van der Waals surface area contributed by atoms with Crippen molar-refractivity contribution in [2.75, 3.05) is 13.7 Å². The van der Waals surface area contributed by atoms with E-state index >= 15 is 0 Å². The van der Waals surface area contributed by atoms with Crippen molar-refractivity contribution in [1.29, 1.82) is 0 Å². The Balaban J connectivity index is 1.57. The molecule has 2 saturated carbocycles. The SMILES string of the molecule is COc1cccc(C2CC2C(=O)NC2(CNC(=O)OC(C)(C)C)CCCC2)c1. The van der Waals surface area contributed by atoms with Gasteiger partial charge in [0.2, 0.25) is 5.91 Å². The summed E-state index contributed by atoms with van der Waals surface area (Å²) < 4.78 is 10.6. The number of nitrogens with one attached hydrogen (secondary N) is 2. The summed E-state index contributed by atoms with van der Waals surface area (Å²) in [6.45, 7) is 5.92. The van der Waals surface area contributed by atoms with Crippen LogP contribution in [0.4, 0.5) is 4.79 Å². The summed E-state index contributed by atoms with van der Waals surface area (Å²) in [7, 11) is 1.65. The number of carbonyl (C=O) groups is 2. The van der Waals surface area contributed by atoms with E-state index in [2.05, 4.69) is 16.7 Å². The number of methoxy groups -OCH3 is 1. The minimum absolute atomic E-state index is 0.00823. The highest BCUT2D eigenvalue weighted by Gasteiger charge is 2.47. The van der Waals surface area contributed by atoms with Gasteiger partial charge in [-0.05, 0) is 63.6 Å². The molecule has 0 aromatic heterocycles. The fourth-order valence-electron chi connectivity index (χ4n) is 4.03. The molecule has 2 unspecified atom stereocenters. The molecule has 0 bridgehead atoms. The number of benzene rings is 1. The zero-order valence-electron chi connectivity index (χ0n) is 17.3. The van der Waals surface area contributed by atoms with E-state index in [9.17, 15) is 9.59 Å². The first-order chi connectivity index (χ1) is 13.2. The first-order valence-electron chi connectivity index (χ1n) is 10.1. The third kappa shape index (κ3) is 5.18. The maximum Gasteiger partial charge on any atom is 0.407 e. The van der Waals surface area contributed by atoms with Gasteiger partial charge in [-0.15, -0.1) is 0 Å². The Morgan fingerprint density at radius 2 is 1.93 bits per heavy atom. The second-order valence-electron chi connectivity index (χ2n) is 9.06. The minimum atomic E-state index is -0.534. The Bertz CT molecular complexity index is 719. The molecule has 28 heavy (non-hydrogen) atoms. The quantitative estimate of drug-likeness (QED) is 0.778. The standard InChI is InChI=1S/C22H32N2O4/c1-21(2,3)28-20(26)23-14-22(10-5-6-11-22)24-19(25)18-13-17(18)15-8-7-9-16(12-15)27-4/h7-9,12,17-18H,5-6,10-11,13-14H2,1-4H3,(H,23,26)(H,24,25). The van der Waals surface area contributed by atoms with Gasteiger partial charge in [0.15, 0.2) is 0 Å². The molecule has 6 heteroatoms. The van der Waals surface area contributed by atoms with Crippen LogP contribution in [0.5, 0.6) is 5.75 Å². The summed E-state index contributed by atoms with van der Waals surface area (Å²) in [5, 5.41) is 6.11. The molecule has 1 aromatic rings. The van der Waals surface area contributed by atoms with Crippen LogP contribution < -0.4 is 15.4 Å². The second-order valence-corrected chi connectivity index (χ2v) is 9.06. The molecule has 0 radical (unpaired) electrons. The van der Waals surface area contributed by atoms with Crippen LogP contribution >= 0.6 is 0 Å². The van der Waals surface area contributed by atoms with Gasteiger partial charge in [0, 0.05) is 12.5 Å². The minimum Gasteiger partial charge on any atom is -0.497 e. The van der Waals surface area contributed by atoms with Crippen LogP contribution in [-0.2, 0) is 9.53 Å². The first-order valence-corrected chi connectivity index (χ1v) is 10.1. The van der Waals surface area contributed by atoms with E-state index in [-0.39, 0.29) is 23.3 Å². The van der Waals surface area contributed by atoms with E-state index in [0.29, 0.717) is 6.54 Å². The summed E-state index contributed by atoms with van der Waals surface area (Å²) in [4.78, 5) is 24.9. The lowest BCUT2D eigenvalue weighted by Gasteiger charge is -2.31. The van der Waals surface area contributed by atoms with Crippen molar-refractivity contribution >= 4 is 12.0 Å². The number of ether oxygens (including phenoxy) is 2. The predicted molar refractivity (Wildman–Crippen MR) is 107 cm³/mol. The van der Waals surface area contributed by atoms with Gasteiger partial charge in [0.05, 0.1) is 12.6 Å². The normalized spacial score (nSPS) is 23.0. The van der Waals surface area contributed by atoms with E-state index in [4.69, 9.17) is 9.47 Å². The highest BCUT2D eigenvalue weighted by Crippen LogP contribution is 2.48. The highest BCUT2D eigenvalue weighted by molar-refractivity contribution is 5.83. The summed E-state index contributed by atoms with van der Waals surface area (Å²) in [6.07, 6.45) is 4.29. The molecule has 0 aliphatic heterocycles. The summed E-state index contributed by atoms with van der Waals surface area (Å²) in [5.74, 6) is 1.14. The maximum atomic E-state index is 12.9. The maximum absolute atomic E-state index is 12.9. The van der Waals surface area contributed by atoms with Gasteiger partial charge in [-0.2, -0.15) is 0 Å². The molecule has 2 atom stereocenters. The van der Waals surface area contributed by atoms with Crippen molar-refractivity contribution in [2.45, 2.75) is 69.9 Å². The van der Waals surface area contributed by atoms with Crippen molar-refractivity contribution in [3.05, 3.63) is 29.8 Å². The lowest BCUT2D eigenvalue weighted by Crippen LogP contribution is -2.54. The van der Waals surface area contributed by atoms with Crippen LogP contribution in [-0.4, -0.2) is 36.8 Å². The number of alkyl carbamates (subject to hydrolysis) is 1. The number of carbonyl (C=O) groups excluding carboxylic acids is 2. The average Bonchev–Trinajstić information content (AvgIpc) is 3.32. The van der Waals surface area contributed by atoms with E-state index in [0.717, 1.165) is 43.4 Å². The van der Waals surface area contributed by atoms with Crippen LogP contribution in [0.3, 0.4) is 0 Å². The van der Waals surface area contributed by atoms with Crippen molar-refractivity contribution in [2.24, 2.45) is 5.92 Å². The molecule has 3 rings (SSSR count). The fourth-order valence-corrected chi connectivity index (χ4v) is 4.03. The Morgan fingerprint density at radius 1 is 1.21 bits per heavy atom. The van der Waals surface area contributed by atoms with Crippen LogP contribution in [0.1, 0.15) is 64.4 Å². The first kappa shape index (κ1) is 20.5. The summed E-state index contributed by atoms with van der Waals surface area (Å²) >= 11 is 0. The van der Waals surface area contributed by atoms with Gasteiger partial charge in [0.25, 0.3) is 0 Å².